The summed E-state index contributed by atoms with van der Waals surface area (Å²) in [6.45, 7) is 7.91. The van der Waals surface area contributed by atoms with Crippen LogP contribution >= 0.6 is 0 Å². The first-order chi connectivity index (χ1) is 6.16. The van der Waals surface area contributed by atoms with Gasteiger partial charge in [0.05, 0.1) is 0 Å². The molecule has 0 rings (SSSR count). The topological polar surface area (TPSA) is 50.4 Å². The summed E-state index contributed by atoms with van der Waals surface area (Å²) in [5.41, 5.74) is 0. The Balaban J connectivity index is 3.17. The van der Waals surface area contributed by atoms with E-state index in [1.165, 1.54) is 0 Å². The van der Waals surface area contributed by atoms with Crippen LogP contribution in [-0.2, 0) is 4.74 Å². The Morgan fingerprint density at radius 3 is 2.62 bits per heavy atom. The molecule has 78 valence electrons. The van der Waals surface area contributed by atoms with Gasteiger partial charge in [-0.25, -0.2) is 4.79 Å². The van der Waals surface area contributed by atoms with E-state index in [-0.39, 0.29) is 6.09 Å². The zero-order valence-corrected chi connectivity index (χ0v) is 8.72. The lowest BCUT2D eigenvalue weighted by atomic mass is 10.4. The molecule has 0 saturated heterocycles. The molecule has 0 radical (unpaired) electrons. The minimum atomic E-state index is -0.326. The van der Waals surface area contributed by atoms with Crippen molar-refractivity contribution in [3.05, 3.63) is 0 Å². The van der Waals surface area contributed by atoms with E-state index in [9.17, 15) is 4.79 Å². The fourth-order valence-corrected chi connectivity index (χ4v) is 0.769. The number of hydrogen-bond donors (Lipinski definition) is 2. The first-order valence-corrected chi connectivity index (χ1v) is 4.80. The lowest BCUT2D eigenvalue weighted by Crippen LogP contribution is -2.31. The highest BCUT2D eigenvalue weighted by atomic mass is 16.5. The van der Waals surface area contributed by atoms with Crippen molar-refractivity contribution in [3.8, 4) is 0 Å². The summed E-state index contributed by atoms with van der Waals surface area (Å²) in [6.07, 6.45) is 0.603. The van der Waals surface area contributed by atoms with Crippen molar-refractivity contribution in [2.45, 2.75) is 33.2 Å². The first-order valence-electron chi connectivity index (χ1n) is 4.80. The van der Waals surface area contributed by atoms with E-state index in [0.29, 0.717) is 25.7 Å². The third-order valence-corrected chi connectivity index (χ3v) is 1.41. The summed E-state index contributed by atoms with van der Waals surface area (Å²) in [5.74, 6) is 0. The molecule has 0 aliphatic heterocycles. The van der Waals surface area contributed by atoms with E-state index in [4.69, 9.17) is 4.74 Å². The molecular formula is C9H20N2O2. The fourth-order valence-electron chi connectivity index (χ4n) is 0.769. The normalized spacial score (nSPS) is 10.2. The number of rotatable bonds is 6. The highest BCUT2D eigenvalue weighted by molar-refractivity contribution is 5.66. The Labute approximate surface area is 80.0 Å². The summed E-state index contributed by atoms with van der Waals surface area (Å²) >= 11 is 0. The van der Waals surface area contributed by atoms with Crippen LogP contribution in [0.2, 0.25) is 0 Å². The van der Waals surface area contributed by atoms with Crippen molar-refractivity contribution < 1.29 is 9.53 Å². The molecule has 0 aromatic heterocycles. The monoisotopic (exact) mass is 188 g/mol. The van der Waals surface area contributed by atoms with Crippen molar-refractivity contribution in [2.75, 3.05) is 19.7 Å². The van der Waals surface area contributed by atoms with Gasteiger partial charge in [0.2, 0.25) is 0 Å². The van der Waals surface area contributed by atoms with Crippen molar-refractivity contribution >= 4 is 6.09 Å². The van der Waals surface area contributed by atoms with Gasteiger partial charge >= 0.3 is 6.09 Å². The van der Waals surface area contributed by atoms with E-state index in [1.54, 1.807) is 0 Å². The second-order valence-corrected chi connectivity index (χ2v) is 3.17. The minimum absolute atomic E-state index is 0.326. The molecule has 13 heavy (non-hydrogen) atoms. The highest BCUT2D eigenvalue weighted by Crippen LogP contribution is 1.80. The van der Waals surface area contributed by atoms with E-state index in [0.717, 1.165) is 6.42 Å². The summed E-state index contributed by atoms with van der Waals surface area (Å²) < 4.78 is 4.88. The van der Waals surface area contributed by atoms with Crippen LogP contribution < -0.4 is 10.6 Å². The summed E-state index contributed by atoms with van der Waals surface area (Å²) in [5, 5.41) is 5.78. The Bertz CT molecular complexity index is 138. The summed E-state index contributed by atoms with van der Waals surface area (Å²) in [7, 11) is 0. The molecule has 2 N–H and O–H groups in total. The average molecular weight is 188 g/mol. The zero-order chi connectivity index (χ0) is 10.1. The Morgan fingerprint density at radius 2 is 2.08 bits per heavy atom. The molecule has 0 atom stereocenters. The molecule has 4 nitrogen and oxygen atoms in total. The smallest absolute Gasteiger partial charge is 0.407 e. The van der Waals surface area contributed by atoms with E-state index >= 15 is 0 Å². The number of nitrogens with one attached hydrogen (secondary N) is 2. The standard InChI is InChI=1S/C9H20N2O2/c1-4-5-11-9(12)13-7-6-10-8(2)3/h8,10H,4-7H2,1-3H3,(H,11,12). The maximum atomic E-state index is 10.9. The third-order valence-electron chi connectivity index (χ3n) is 1.41. The minimum Gasteiger partial charge on any atom is -0.448 e. The largest absolute Gasteiger partial charge is 0.448 e. The molecule has 0 aromatic rings. The van der Waals surface area contributed by atoms with Crippen LogP contribution in [0.15, 0.2) is 0 Å². The molecule has 4 heteroatoms. The predicted molar refractivity (Wildman–Crippen MR) is 52.8 cm³/mol. The lowest BCUT2D eigenvalue weighted by molar-refractivity contribution is 0.146. The van der Waals surface area contributed by atoms with Crippen molar-refractivity contribution in [3.63, 3.8) is 0 Å². The number of carbonyl (C=O) groups is 1. The maximum absolute atomic E-state index is 10.9. The van der Waals surface area contributed by atoms with E-state index in [1.807, 2.05) is 6.92 Å². The van der Waals surface area contributed by atoms with Gasteiger partial charge in [0.1, 0.15) is 6.61 Å². The molecule has 0 spiro atoms. The first kappa shape index (κ1) is 12.2. The molecular weight excluding hydrogens is 168 g/mol. The fraction of sp³-hybridized carbons (Fsp3) is 0.889. The van der Waals surface area contributed by atoms with E-state index < -0.39 is 0 Å². The third kappa shape index (κ3) is 9.14. The molecule has 0 unspecified atom stereocenters. The second kappa shape index (κ2) is 7.86. The van der Waals surface area contributed by atoms with E-state index in [2.05, 4.69) is 24.5 Å². The highest BCUT2D eigenvalue weighted by Gasteiger charge is 1.99. The molecule has 0 saturated carbocycles. The Hall–Kier alpha value is -0.770. The van der Waals surface area contributed by atoms with Crippen LogP contribution in [0.5, 0.6) is 0 Å². The van der Waals surface area contributed by atoms with Gasteiger partial charge < -0.3 is 15.4 Å². The van der Waals surface area contributed by atoms with Crippen molar-refractivity contribution in [1.29, 1.82) is 0 Å². The van der Waals surface area contributed by atoms with Gasteiger partial charge in [-0.05, 0) is 6.42 Å². The Kier molecular flexibility index (Phi) is 7.39. The molecule has 0 aliphatic rings. The van der Waals surface area contributed by atoms with Crippen LogP contribution in [0, 0.1) is 0 Å². The molecule has 1 amide bonds. The second-order valence-electron chi connectivity index (χ2n) is 3.17. The molecule has 0 aromatic carbocycles. The zero-order valence-electron chi connectivity index (χ0n) is 8.72. The van der Waals surface area contributed by atoms with Crippen LogP contribution in [0.3, 0.4) is 0 Å². The van der Waals surface area contributed by atoms with Crippen LogP contribution in [0.1, 0.15) is 27.2 Å². The SMILES string of the molecule is CCCNC(=O)OCCNC(C)C. The number of hydrogen-bond acceptors (Lipinski definition) is 3. The van der Waals surface area contributed by atoms with Gasteiger partial charge in [0.15, 0.2) is 0 Å². The van der Waals surface area contributed by atoms with Crippen LogP contribution in [0.4, 0.5) is 4.79 Å². The number of ether oxygens (including phenoxy) is 1. The quantitative estimate of drug-likeness (QED) is 0.614. The summed E-state index contributed by atoms with van der Waals surface area (Å²) in [4.78, 5) is 10.9. The number of carbonyl (C=O) groups excluding carboxylic acids is 1. The molecule has 0 heterocycles. The average Bonchev–Trinajstić information content (AvgIpc) is 2.08. The molecule has 0 fully saturated rings. The van der Waals surface area contributed by atoms with Gasteiger partial charge in [0, 0.05) is 19.1 Å². The summed E-state index contributed by atoms with van der Waals surface area (Å²) in [6, 6.07) is 0.433. The lowest BCUT2D eigenvalue weighted by Gasteiger charge is -2.08. The van der Waals surface area contributed by atoms with Gasteiger partial charge in [-0.3, -0.25) is 0 Å². The molecule has 0 bridgehead atoms. The van der Waals surface area contributed by atoms with Gasteiger partial charge in [-0.1, -0.05) is 20.8 Å². The van der Waals surface area contributed by atoms with Crippen molar-refractivity contribution in [2.24, 2.45) is 0 Å². The number of alkyl carbamates (subject to hydrolysis) is 1. The predicted octanol–water partition coefficient (Wildman–Crippen LogP) is 1.12. The van der Waals surface area contributed by atoms with Gasteiger partial charge in [-0.2, -0.15) is 0 Å². The Morgan fingerprint density at radius 1 is 1.38 bits per heavy atom. The van der Waals surface area contributed by atoms with Crippen LogP contribution in [-0.4, -0.2) is 31.8 Å². The van der Waals surface area contributed by atoms with Gasteiger partial charge in [-0.15, -0.1) is 0 Å². The molecule has 0 aliphatic carbocycles. The van der Waals surface area contributed by atoms with Gasteiger partial charge in [0.25, 0.3) is 0 Å². The number of amides is 1. The maximum Gasteiger partial charge on any atom is 0.407 e. The van der Waals surface area contributed by atoms with Crippen molar-refractivity contribution in [1.82, 2.24) is 10.6 Å². The van der Waals surface area contributed by atoms with Crippen LogP contribution in [0.25, 0.3) is 0 Å².